The van der Waals surface area contributed by atoms with E-state index >= 15 is 0 Å². The van der Waals surface area contributed by atoms with Crippen LogP contribution in [-0.2, 0) is 15.0 Å². The third kappa shape index (κ3) is 2.08. The molecule has 1 saturated heterocycles. The molecule has 1 aromatic rings. The summed E-state index contributed by atoms with van der Waals surface area (Å²) in [6.45, 7) is 2.05. The van der Waals surface area contributed by atoms with E-state index in [9.17, 15) is 14.7 Å². The molecule has 0 bridgehead atoms. The van der Waals surface area contributed by atoms with Gasteiger partial charge in [-0.3, -0.25) is 9.59 Å². The summed E-state index contributed by atoms with van der Waals surface area (Å²) in [5.74, 6) is -1.27. The van der Waals surface area contributed by atoms with Crippen molar-refractivity contribution in [1.82, 2.24) is 5.32 Å². The second kappa shape index (κ2) is 4.61. The van der Waals surface area contributed by atoms with Gasteiger partial charge in [-0.25, -0.2) is 0 Å². The number of carbonyl (C=O) groups excluding carboxylic acids is 1. The molecule has 18 heavy (non-hydrogen) atoms. The molecule has 5 heteroatoms. The Bertz CT molecular complexity index is 486. The fourth-order valence-corrected chi connectivity index (χ4v) is 2.47. The summed E-state index contributed by atoms with van der Waals surface area (Å²) >= 11 is 5.81. The van der Waals surface area contributed by atoms with E-state index in [1.807, 2.05) is 0 Å². The van der Waals surface area contributed by atoms with Gasteiger partial charge < -0.3 is 10.4 Å². The van der Waals surface area contributed by atoms with E-state index < -0.39 is 11.4 Å². The van der Waals surface area contributed by atoms with Crippen LogP contribution in [0.2, 0.25) is 5.02 Å². The van der Waals surface area contributed by atoms with E-state index in [0.29, 0.717) is 17.1 Å². The number of benzene rings is 1. The van der Waals surface area contributed by atoms with Crippen LogP contribution >= 0.6 is 11.6 Å². The van der Waals surface area contributed by atoms with Crippen molar-refractivity contribution >= 4 is 23.5 Å². The van der Waals surface area contributed by atoms with Crippen molar-refractivity contribution in [2.75, 3.05) is 6.54 Å². The first-order chi connectivity index (χ1) is 8.44. The maximum Gasteiger partial charge on any atom is 0.314 e. The minimum Gasteiger partial charge on any atom is -0.481 e. The van der Waals surface area contributed by atoms with Gasteiger partial charge in [-0.1, -0.05) is 23.7 Å². The Kier molecular flexibility index (Phi) is 3.30. The Morgan fingerprint density at radius 3 is 2.50 bits per heavy atom. The molecular weight excluding hydrogens is 254 g/mol. The number of carboxylic acids is 1. The molecule has 2 N–H and O–H groups in total. The zero-order valence-electron chi connectivity index (χ0n) is 9.94. The van der Waals surface area contributed by atoms with Gasteiger partial charge in [-0.15, -0.1) is 0 Å². The first-order valence-electron chi connectivity index (χ1n) is 5.70. The lowest BCUT2D eigenvalue weighted by atomic mass is 9.71. The van der Waals surface area contributed by atoms with Crippen LogP contribution in [0.25, 0.3) is 0 Å². The van der Waals surface area contributed by atoms with Crippen molar-refractivity contribution in [3.05, 3.63) is 34.9 Å². The van der Waals surface area contributed by atoms with Gasteiger partial charge in [0.05, 0.1) is 5.41 Å². The summed E-state index contributed by atoms with van der Waals surface area (Å²) in [6, 6.07) is 6.75. The van der Waals surface area contributed by atoms with Crippen LogP contribution in [0.1, 0.15) is 18.9 Å². The highest BCUT2D eigenvalue weighted by Crippen LogP contribution is 2.36. The molecule has 2 rings (SSSR count). The standard InChI is InChI=1S/C13H14ClNO3/c1-13(12(17)18,9-6-11(16)15-7-9)8-2-4-10(14)5-3-8/h2-5,9H,6-7H2,1H3,(H,15,16)(H,17,18). The Morgan fingerprint density at radius 1 is 1.44 bits per heavy atom. The van der Waals surface area contributed by atoms with Gasteiger partial charge >= 0.3 is 5.97 Å². The molecule has 1 aliphatic heterocycles. The number of carboxylic acid groups (broad SMARTS) is 1. The van der Waals surface area contributed by atoms with Crippen molar-refractivity contribution in [3.63, 3.8) is 0 Å². The normalized spacial score (nSPS) is 22.3. The topological polar surface area (TPSA) is 66.4 Å². The molecule has 1 aromatic carbocycles. The average molecular weight is 268 g/mol. The van der Waals surface area contributed by atoms with Crippen LogP contribution in [-0.4, -0.2) is 23.5 Å². The van der Waals surface area contributed by atoms with E-state index in [-0.39, 0.29) is 18.2 Å². The summed E-state index contributed by atoms with van der Waals surface area (Å²) in [6.07, 6.45) is 0.241. The monoisotopic (exact) mass is 267 g/mol. The smallest absolute Gasteiger partial charge is 0.314 e. The lowest BCUT2D eigenvalue weighted by Crippen LogP contribution is -2.41. The van der Waals surface area contributed by atoms with E-state index in [1.165, 1.54) is 0 Å². The molecule has 0 saturated carbocycles. The van der Waals surface area contributed by atoms with Gasteiger partial charge in [-0.05, 0) is 24.6 Å². The van der Waals surface area contributed by atoms with Crippen LogP contribution in [0.4, 0.5) is 0 Å². The molecule has 2 unspecified atom stereocenters. The molecule has 4 nitrogen and oxygen atoms in total. The molecule has 0 aromatic heterocycles. The molecule has 0 spiro atoms. The maximum atomic E-state index is 11.6. The van der Waals surface area contributed by atoms with E-state index in [1.54, 1.807) is 31.2 Å². The number of hydrogen-bond acceptors (Lipinski definition) is 2. The van der Waals surface area contributed by atoms with Crippen molar-refractivity contribution in [2.45, 2.75) is 18.8 Å². The molecule has 0 radical (unpaired) electrons. The van der Waals surface area contributed by atoms with Gasteiger partial charge in [0, 0.05) is 23.9 Å². The second-order valence-electron chi connectivity index (χ2n) is 4.72. The van der Waals surface area contributed by atoms with Crippen LogP contribution in [0.3, 0.4) is 0 Å². The summed E-state index contributed by atoms with van der Waals surface area (Å²) in [7, 11) is 0. The molecule has 1 heterocycles. The Morgan fingerprint density at radius 2 is 2.06 bits per heavy atom. The Hall–Kier alpha value is -1.55. The van der Waals surface area contributed by atoms with Crippen LogP contribution in [0.15, 0.2) is 24.3 Å². The SMILES string of the molecule is CC(C(=O)O)(c1ccc(Cl)cc1)C1CNC(=O)C1. The third-order valence-corrected chi connectivity index (χ3v) is 3.93. The van der Waals surface area contributed by atoms with Gasteiger partial charge in [0.1, 0.15) is 0 Å². The first kappa shape index (κ1) is 12.9. The highest BCUT2D eigenvalue weighted by Gasteiger charge is 2.46. The highest BCUT2D eigenvalue weighted by molar-refractivity contribution is 6.30. The molecule has 1 fully saturated rings. The number of hydrogen-bond donors (Lipinski definition) is 2. The largest absolute Gasteiger partial charge is 0.481 e. The van der Waals surface area contributed by atoms with Crippen LogP contribution in [0.5, 0.6) is 0 Å². The van der Waals surface area contributed by atoms with Crippen molar-refractivity contribution in [3.8, 4) is 0 Å². The van der Waals surface area contributed by atoms with E-state index in [4.69, 9.17) is 11.6 Å². The third-order valence-electron chi connectivity index (χ3n) is 3.68. The molecule has 96 valence electrons. The summed E-state index contributed by atoms with van der Waals surface area (Å²) in [4.78, 5) is 22.9. The Balaban J connectivity index is 2.40. The Labute approximate surface area is 110 Å². The van der Waals surface area contributed by atoms with Crippen molar-refractivity contribution in [1.29, 1.82) is 0 Å². The average Bonchev–Trinajstić information content (AvgIpc) is 2.76. The number of carbonyl (C=O) groups is 2. The lowest BCUT2D eigenvalue weighted by molar-refractivity contribution is -0.145. The molecule has 1 aliphatic rings. The molecule has 2 atom stereocenters. The quantitative estimate of drug-likeness (QED) is 0.878. The minimum atomic E-state index is -1.08. The number of amides is 1. The molecular formula is C13H14ClNO3. The van der Waals surface area contributed by atoms with Gasteiger partial charge in [0.25, 0.3) is 0 Å². The molecule has 0 aliphatic carbocycles. The zero-order chi connectivity index (χ0) is 13.3. The maximum absolute atomic E-state index is 11.6. The van der Waals surface area contributed by atoms with E-state index in [0.717, 1.165) is 0 Å². The summed E-state index contributed by atoms with van der Waals surface area (Å²) in [5.41, 5.74) is -0.412. The number of nitrogens with one attached hydrogen (secondary N) is 1. The number of aliphatic carboxylic acids is 1. The van der Waals surface area contributed by atoms with E-state index in [2.05, 4.69) is 5.32 Å². The van der Waals surface area contributed by atoms with Crippen LogP contribution in [0, 0.1) is 5.92 Å². The highest BCUT2D eigenvalue weighted by atomic mass is 35.5. The van der Waals surface area contributed by atoms with Gasteiger partial charge in [0.2, 0.25) is 5.91 Å². The lowest BCUT2D eigenvalue weighted by Gasteiger charge is -2.30. The second-order valence-corrected chi connectivity index (χ2v) is 5.16. The van der Waals surface area contributed by atoms with Crippen molar-refractivity contribution < 1.29 is 14.7 Å². The van der Waals surface area contributed by atoms with Gasteiger partial charge in [0.15, 0.2) is 0 Å². The minimum absolute atomic E-state index is 0.0959. The van der Waals surface area contributed by atoms with Crippen LogP contribution < -0.4 is 5.32 Å². The summed E-state index contributed by atoms with van der Waals surface area (Å²) in [5, 5.41) is 12.8. The van der Waals surface area contributed by atoms with Gasteiger partial charge in [-0.2, -0.15) is 0 Å². The number of halogens is 1. The fourth-order valence-electron chi connectivity index (χ4n) is 2.34. The summed E-state index contributed by atoms with van der Waals surface area (Å²) < 4.78 is 0. The van der Waals surface area contributed by atoms with Crippen molar-refractivity contribution in [2.24, 2.45) is 5.92 Å². The predicted octanol–water partition coefficient (Wildman–Crippen LogP) is 1.82. The predicted molar refractivity (Wildman–Crippen MR) is 67.6 cm³/mol. The fraction of sp³-hybridized carbons (Fsp3) is 0.385. The zero-order valence-corrected chi connectivity index (χ0v) is 10.7. The first-order valence-corrected chi connectivity index (χ1v) is 6.08. The number of rotatable bonds is 3. The molecule has 1 amide bonds.